The van der Waals surface area contributed by atoms with Crippen molar-refractivity contribution < 1.29 is 19.4 Å². The first-order chi connectivity index (χ1) is 9.52. The zero-order valence-electron chi connectivity index (χ0n) is 11.1. The molecular weight excluding hydrogens is 256 g/mol. The van der Waals surface area contributed by atoms with E-state index in [-0.39, 0.29) is 22.9 Å². The molecule has 0 bridgehead atoms. The Bertz CT molecular complexity index is 759. The average molecular weight is 268 g/mol. The van der Waals surface area contributed by atoms with Crippen LogP contribution < -0.4 is 4.74 Å². The molecule has 0 heterocycles. The normalized spacial score (nSPS) is 12.9. The molecule has 0 atom stereocenters. The van der Waals surface area contributed by atoms with E-state index < -0.39 is 0 Å². The number of phenols is 1. The van der Waals surface area contributed by atoms with Gasteiger partial charge in [-0.3, -0.25) is 9.59 Å². The average Bonchev–Trinajstić information content (AvgIpc) is 2.46. The van der Waals surface area contributed by atoms with Gasteiger partial charge in [-0.15, -0.1) is 0 Å². The lowest BCUT2D eigenvalue weighted by Crippen LogP contribution is -2.21. The van der Waals surface area contributed by atoms with Crippen molar-refractivity contribution in [3.63, 3.8) is 0 Å². The number of methoxy groups -OCH3 is 1. The van der Waals surface area contributed by atoms with Crippen molar-refractivity contribution in [2.24, 2.45) is 0 Å². The molecule has 2 aromatic rings. The molecular formula is C16H12O4. The summed E-state index contributed by atoms with van der Waals surface area (Å²) < 4.78 is 5.09. The van der Waals surface area contributed by atoms with Gasteiger partial charge in [0.15, 0.2) is 11.6 Å². The van der Waals surface area contributed by atoms with Crippen LogP contribution in [0.15, 0.2) is 30.3 Å². The molecule has 1 aliphatic carbocycles. The van der Waals surface area contributed by atoms with E-state index in [1.165, 1.54) is 13.2 Å². The Hall–Kier alpha value is -2.62. The number of hydrogen-bond donors (Lipinski definition) is 1. The van der Waals surface area contributed by atoms with Crippen LogP contribution in [0.3, 0.4) is 0 Å². The molecule has 0 unspecified atom stereocenters. The molecule has 1 aliphatic rings. The lowest BCUT2D eigenvalue weighted by Gasteiger charge is -2.19. The van der Waals surface area contributed by atoms with Gasteiger partial charge in [-0.25, -0.2) is 0 Å². The van der Waals surface area contributed by atoms with E-state index in [0.717, 1.165) is 0 Å². The van der Waals surface area contributed by atoms with E-state index in [4.69, 9.17) is 4.74 Å². The molecule has 0 aliphatic heterocycles. The summed E-state index contributed by atoms with van der Waals surface area (Å²) in [6.07, 6.45) is 0. The lowest BCUT2D eigenvalue weighted by molar-refractivity contribution is 0.0978. The first-order valence-corrected chi connectivity index (χ1v) is 6.14. The van der Waals surface area contributed by atoms with Gasteiger partial charge in [0.2, 0.25) is 0 Å². The summed E-state index contributed by atoms with van der Waals surface area (Å²) in [6, 6.07) is 7.70. The topological polar surface area (TPSA) is 63.6 Å². The number of hydrogen-bond acceptors (Lipinski definition) is 4. The minimum Gasteiger partial charge on any atom is -0.508 e. The van der Waals surface area contributed by atoms with E-state index >= 15 is 0 Å². The number of fused-ring (bicyclic) bond motifs is 2. The summed E-state index contributed by atoms with van der Waals surface area (Å²) in [5.41, 5.74) is 1.82. The van der Waals surface area contributed by atoms with Crippen molar-refractivity contribution in [1.82, 2.24) is 0 Å². The summed E-state index contributed by atoms with van der Waals surface area (Å²) in [5.74, 6) is 0.0647. The molecule has 4 nitrogen and oxygen atoms in total. The Morgan fingerprint density at radius 1 is 0.900 bits per heavy atom. The molecule has 0 radical (unpaired) electrons. The Morgan fingerprint density at radius 2 is 1.50 bits per heavy atom. The third-order valence-electron chi connectivity index (χ3n) is 3.54. The summed E-state index contributed by atoms with van der Waals surface area (Å²) in [6.45, 7) is 1.69. The third-order valence-corrected chi connectivity index (χ3v) is 3.54. The zero-order chi connectivity index (χ0) is 14.4. The molecule has 1 N–H and O–H groups in total. The van der Waals surface area contributed by atoms with Crippen LogP contribution in [0, 0.1) is 6.92 Å². The third kappa shape index (κ3) is 1.61. The molecule has 3 rings (SSSR count). The first kappa shape index (κ1) is 12.4. The number of phenolic OH excluding ortho intramolecular Hbond substituents is 1. The maximum Gasteiger partial charge on any atom is 0.194 e. The van der Waals surface area contributed by atoms with E-state index in [1.54, 1.807) is 31.2 Å². The van der Waals surface area contributed by atoms with Gasteiger partial charge in [0.25, 0.3) is 0 Å². The number of benzene rings is 2. The van der Waals surface area contributed by atoms with E-state index in [9.17, 15) is 14.7 Å². The summed E-state index contributed by atoms with van der Waals surface area (Å²) in [4.78, 5) is 24.9. The van der Waals surface area contributed by atoms with Crippen LogP contribution in [0.2, 0.25) is 0 Å². The molecule has 100 valence electrons. The molecule has 0 spiro atoms. The van der Waals surface area contributed by atoms with Crippen molar-refractivity contribution in [2.45, 2.75) is 6.92 Å². The van der Waals surface area contributed by atoms with Crippen LogP contribution in [0.25, 0.3) is 0 Å². The SMILES string of the molecule is COc1ccc2c(c1)C(=O)c1cc(C)c(O)cc1C2=O. The van der Waals surface area contributed by atoms with Gasteiger partial charge in [0.1, 0.15) is 11.5 Å². The van der Waals surface area contributed by atoms with Crippen molar-refractivity contribution in [3.8, 4) is 11.5 Å². The van der Waals surface area contributed by atoms with E-state index in [1.807, 2.05) is 0 Å². The second-order valence-corrected chi connectivity index (χ2v) is 4.75. The van der Waals surface area contributed by atoms with Crippen LogP contribution in [0.1, 0.15) is 37.4 Å². The largest absolute Gasteiger partial charge is 0.508 e. The smallest absolute Gasteiger partial charge is 0.194 e. The van der Waals surface area contributed by atoms with Crippen molar-refractivity contribution >= 4 is 11.6 Å². The maximum atomic E-state index is 12.5. The van der Waals surface area contributed by atoms with Crippen LogP contribution in [0.4, 0.5) is 0 Å². The number of ketones is 2. The van der Waals surface area contributed by atoms with Gasteiger partial charge in [-0.1, -0.05) is 0 Å². The fourth-order valence-electron chi connectivity index (χ4n) is 2.40. The molecule has 20 heavy (non-hydrogen) atoms. The van der Waals surface area contributed by atoms with Crippen molar-refractivity contribution in [1.29, 1.82) is 0 Å². The number of ether oxygens (including phenoxy) is 1. The molecule has 0 amide bonds. The monoisotopic (exact) mass is 268 g/mol. The van der Waals surface area contributed by atoms with Crippen LogP contribution in [-0.4, -0.2) is 23.8 Å². The number of aryl methyl sites for hydroxylation is 1. The van der Waals surface area contributed by atoms with Crippen LogP contribution in [0.5, 0.6) is 11.5 Å². The van der Waals surface area contributed by atoms with Crippen molar-refractivity contribution in [2.75, 3.05) is 7.11 Å². The van der Waals surface area contributed by atoms with Crippen LogP contribution in [-0.2, 0) is 0 Å². The Labute approximate surface area is 115 Å². The molecule has 0 saturated heterocycles. The minimum atomic E-state index is -0.257. The lowest BCUT2D eigenvalue weighted by atomic mass is 9.83. The van der Waals surface area contributed by atoms with Crippen molar-refractivity contribution in [3.05, 3.63) is 58.1 Å². The number of rotatable bonds is 1. The van der Waals surface area contributed by atoms with Gasteiger partial charge in [0, 0.05) is 22.3 Å². The predicted octanol–water partition coefficient (Wildman–Crippen LogP) is 2.48. The van der Waals surface area contributed by atoms with Gasteiger partial charge in [0.05, 0.1) is 7.11 Å². The Kier molecular flexibility index (Phi) is 2.61. The van der Waals surface area contributed by atoms with Gasteiger partial charge in [-0.2, -0.15) is 0 Å². The zero-order valence-corrected chi connectivity index (χ0v) is 11.1. The number of carbonyl (C=O) groups is 2. The van der Waals surface area contributed by atoms with E-state index in [2.05, 4.69) is 0 Å². The number of aromatic hydroxyl groups is 1. The van der Waals surface area contributed by atoms with Crippen LogP contribution >= 0.6 is 0 Å². The van der Waals surface area contributed by atoms with E-state index in [0.29, 0.717) is 28.0 Å². The molecule has 2 aromatic carbocycles. The quantitative estimate of drug-likeness (QED) is 0.736. The summed E-state index contributed by atoms with van der Waals surface area (Å²) in [7, 11) is 1.51. The highest BCUT2D eigenvalue weighted by atomic mass is 16.5. The second-order valence-electron chi connectivity index (χ2n) is 4.75. The Morgan fingerprint density at radius 3 is 2.20 bits per heavy atom. The fraction of sp³-hybridized carbons (Fsp3) is 0.125. The highest BCUT2D eigenvalue weighted by Gasteiger charge is 2.30. The summed E-state index contributed by atoms with van der Waals surface area (Å²) in [5, 5.41) is 9.73. The summed E-state index contributed by atoms with van der Waals surface area (Å²) >= 11 is 0. The molecule has 4 heteroatoms. The maximum absolute atomic E-state index is 12.5. The number of carbonyl (C=O) groups excluding carboxylic acids is 2. The fourth-order valence-corrected chi connectivity index (χ4v) is 2.40. The van der Waals surface area contributed by atoms with Gasteiger partial charge < -0.3 is 9.84 Å². The Balaban J connectivity index is 2.27. The predicted molar refractivity (Wildman–Crippen MR) is 72.7 cm³/mol. The first-order valence-electron chi connectivity index (χ1n) is 6.14. The van der Waals surface area contributed by atoms with Gasteiger partial charge in [-0.05, 0) is 42.8 Å². The standard InChI is InChI=1S/C16H12O4/c1-8-5-11-13(7-14(8)17)15(18)10-4-3-9(20-2)6-12(10)16(11)19/h3-7,17H,1-2H3. The van der Waals surface area contributed by atoms with Gasteiger partial charge >= 0.3 is 0 Å². The highest BCUT2D eigenvalue weighted by molar-refractivity contribution is 6.28. The second kappa shape index (κ2) is 4.20. The highest BCUT2D eigenvalue weighted by Crippen LogP contribution is 2.33. The molecule has 0 fully saturated rings. The minimum absolute atomic E-state index is 0.0156. The molecule has 0 aromatic heterocycles. The molecule has 0 saturated carbocycles.